The van der Waals surface area contributed by atoms with Gasteiger partial charge in [0.05, 0.1) is 26.4 Å². The molecule has 262 valence electrons. The van der Waals surface area contributed by atoms with Gasteiger partial charge in [0.15, 0.2) is 0 Å². The fourth-order valence-electron chi connectivity index (χ4n) is 4.76. The van der Waals surface area contributed by atoms with E-state index < -0.39 is 7.92 Å². The zero-order chi connectivity index (χ0) is 35.1. The largest absolute Gasteiger partial charge is 1.00 e. The summed E-state index contributed by atoms with van der Waals surface area (Å²) in [4.78, 5) is 0. The number of hydrogen-bond acceptors (Lipinski definition) is 4. The standard InChI is InChI=1S/C18H15P.C9H12O.C8H9ClO.C8H10O2.ClH/c1-4-10-16(11-5-1)19(17-12-6-2-7-13-17)18-14-8-3-9-15-18;1-2-8-4-3-5-9(6-8)7-10;2*9-5-7-2-1-3-8(4-7)6-10;/h1-15H;3-6,10H,2,7H2,1H3;1-4,10H,5-6H2;1-4,9-10H,5-6H2;1H/p-1. The van der Waals surface area contributed by atoms with Crippen LogP contribution in [0.25, 0.3) is 0 Å². The monoisotopic (exact) mass is 727 g/mol. The number of aliphatic hydroxyl groups is 4. The van der Waals surface area contributed by atoms with Gasteiger partial charge in [-0.05, 0) is 63.6 Å². The van der Waals surface area contributed by atoms with Crippen LogP contribution in [0.3, 0.4) is 0 Å². The van der Waals surface area contributed by atoms with Crippen molar-refractivity contribution in [3.63, 3.8) is 0 Å². The van der Waals surface area contributed by atoms with Crippen LogP contribution >= 0.6 is 19.5 Å². The van der Waals surface area contributed by atoms with E-state index >= 15 is 0 Å². The molecule has 0 aliphatic heterocycles. The maximum Gasteiger partial charge on any atom is 0.0681 e. The smallest absolute Gasteiger partial charge is 0.0681 e. The fraction of sp³-hybridized carbons (Fsp3) is 0.163. The summed E-state index contributed by atoms with van der Waals surface area (Å²) in [6.45, 7) is 2.41. The Bertz CT molecular complexity index is 1470. The molecule has 0 saturated heterocycles. The number of hydrogen-bond donors (Lipinski definition) is 4. The minimum Gasteiger partial charge on any atom is -1.00 e. The molecule has 0 amide bonds. The van der Waals surface area contributed by atoms with Gasteiger partial charge in [0.1, 0.15) is 0 Å². The molecule has 0 unspecified atom stereocenters. The van der Waals surface area contributed by atoms with Gasteiger partial charge in [-0.15, -0.1) is 11.6 Å². The lowest BCUT2D eigenvalue weighted by Crippen LogP contribution is -3.00. The lowest BCUT2D eigenvalue weighted by Gasteiger charge is -2.18. The van der Waals surface area contributed by atoms with Gasteiger partial charge in [0, 0.05) is 5.88 Å². The van der Waals surface area contributed by atoms with E-state index in [9.17, 15) is 0 Å². The van der Waals surface area contributed by atoms with Gasteiger partial charge in [-0.2, -0.15) is 0 Å². The summed E-state index contributed by atoms with van der Waals surface area (Å²) in [5, 5.41) is 39.0. The van der Waals surface area contributed by atoms with E-state index in [1.165, 1.54) is 21.5 Å². The Morgan fingerprint density at radius 3 is 0.980 bits per heavy atom. The van der Waals surface area contributed by atoms with Gasteiger partial charge in [-0.1, -0.05) is 171 Å². The molecule has 50 heavy (non-hydrogen) atoms. The fourth-order valence-corrected chi connectivity index (χ4v) is 7.24. The van der Waals surface area contributed by atoms with Gasteiger partial charge < -0.3 is 32.8 Å². The highest BCUT2D eigenvalue weighted by Crippen LogP contribution is 2.32. The Balaban J connectivity index is 0.000000243. The number of benzene rings is 6. The van der Waals surface area contributed by atoms with Crippen molar-refractivity contribution in [3.05, 3.63) is 197 Å². The van der Waals surface area contributed by atoms with Crippen molar-refractivity contribution in [2.75, 3.05) is 0 Å². The number of aryl methyl sites for hydroxylation is 1. The Hall–Kier alpha value is -3.83. The van der Waals surface area contributed by atoms with Gasteiger partial charge in [-0.25, -0.2) is 0 Å². The van der Waals surface area contributed by atoms with Crippen molar-refractivity contribution in [2.45, 2.75) is 45.7 Å². The summed E-state index contributed by atoms with van der Waals surface area (Å²) in [6, 6.07) is 55.2. The first-order valence-electron chi connectivity index (χ1n) is 16.2. The number of halogens is 2. The Labute approximate surface area is 309 Å². The summed E-state index contributed by atoms with van der Waals surface area (Å²) in [6.07, 6.45) is 1.04. The quantitative estimate of drug-likeness (QED) is 0.128. The second-order valence-electron chi connectivity index (χ2n) is 10.9. The molecule has 0 radical (unpaired) electrons. The number of aliphatic hydroxyl groups excluding tert-OH is 4. The molecule has 0 fully saturated rings. The molecule has 0 heterocycles. The zero-order valence-corrected chi connectivity index (χ0v) is 30.7. The van der Waals surface area contributed by atoms with Crippen molar-refractivity contribution in [1.29, 1.82) is 0 Å². The van der Waals surface area contributed by atoms with Gasteiger partial charge in [0.2, 0.25) is 0 Å². The molecule has 0 aliphatic rings. The molecule has 7 heteroatoms. The maximum atomic E-state index is 8.76. The molecule has 0 bridgehead atoms. The van der Waals surface area contributed by atoms with Gasteiger partial charge >= 0.3 is 0 Å². The molecule has 0 saturated carbocycles. The van der Waals surface area contributed by atoms with Gasteiger partial charge in [-0.3, -0.25) is 0 Å². The first-order chi connectivity index (χ1) is 24.0. The third kappa shape index (κ3) is 15.0. The molecule has 4 nitrogen and oxygen atoms in total. The Morgan fingerprint density at radius 2 is 0.680 bits per heavy atom. The highest BCUT2D eigenvalue weighted by Gasteiger charge is 2.15. The molecule has 0 aromatic heterocycles. The van der Waals surface area contributed by atoms with Crippen molar-refractivity contribution < 1.29 is 32.8 Å². The van der Waals surface area contributed by atoms with Crippen LogP contribution in [-0.2, 0) is 38.7 Å². The average molecular weight is 729 g/mol. The van der Waals surface area contributed by atoms with Crippen LogP contribution in [0, 0.1) is 0 Å². The van der Waals surface area contributed by atoms with Crippen molar-refractivity contribution in [2.24, 2.45) is 0 Å². The Kier molecular flexibility index (Phi) is 21.3. The summed E-state index contributed by atoms with van der Waals surface area (Å²) in [7, 11) is -0.446. The molecule has 6 rings (SSSR count). The third-order valence-electron chi connectivity index (χ3n) is 7.31. The van der Waals surface area contributed by atoms with E-state index in [-0.39, 0.29) is 38.8 Å². The molecular formula is C43H46Cl2O4P-. The van der Waals surface area contributed by atoms with Crippen LogP contribution in [0.15, 0.2) is 164 Å². The molecule has 0 atom stereocenters. The van der Waals surface area contributed by atoms with Crippen LogP contribution in [0.5, 0.6) is 0 Å². The SMILES string of the molecule is CCc1cccc(CO)c1.OCc1cccc(CCl)c1.OCc1cccc(CO)c1.[Cl-].c1ccc(P(c2ccccc2)c2ccccc2)cc1. The third-order valence-corrected chi connectivity index (χ3v) is 10.1. The molecule has 6 aromatic carbocycles. The van der Waals surface area contributed by atoms with Crippen LogP contribution < -0.4 is 28.3 Å². The van der Waals surface area contributed by atoms with Crippen molar-refractivity contribution in [1.82, 2.24) is 0 Å². The normalized spacial score (nSPS) is 9.90. The molecule has 0 aliphatic carbocycles. The molecular weight excluding hydrogens is 682 g/mol. The maximum absolute atomic E-state index is 8.76. The highest BCUT2D eigenvalue weighted by atomic mass is 35.5. The summed E-state index contributed by atoms with van der Waals surface area (Å²) >= 11 is 5.57. The zero-order valence-electron chi connectivity index (χ0n) is 28.3. The number of alkyl halides is 1. The van der Waals surface area contributed by atoms with E-state index in [0.29, 0.717) is 5.88 Å². The van der Waals surface area contributed by atoms with Crippen molar-refractivity contribution in [3.8, 4) is 0 Å². The summed E-state index contributed by atoms with van der Waals surface area (Å²) < 4.78 is 0. The van der Waals surface area contributed by atoms with E-state index in [1.54, 1.807) is 6.07 Å². The molecule has 6 aromatic rings. The van der Waals surface area contributed by atoms with E-state index in [0.717, 1.165) is 34.2 Å². The first kappa shape index (κ1) is 42.3. The Morgan fingerprint density at radius 1 is 0.400 bits per heavy atom. The van der Waals surface area contributed by atoms with Crippen LogP contribution in [0.4, 0.5) is 0 Å². The van der Waals surface area contributed by atoms with E-state index in [2.05, 4.69) is 104 Å². The lowest BCUT2D eigenvalue weighted by atomic mass is 10.1. The predicted octanol–water partition coefficient (Wildman–Crippen LogP) is 4.78. The molecule has 0 spiro atoms. The summed E-state index contributed by atoms with van der Waals surface area (Å²) in [5.74, 6) is 0.508. The minimum absolute atomic E-state index is 0. The van der Waals surface area contributed by atoms with E-state index in [1.807, 2.05) is 60.7 Å². The first-order valence-corrected chi connectivity index (χ1v) is 18.1. The minimum atomic E-state index is -0.446. The molecule has 4 N–H and O–H groups in total. The average Bonchev–Trinajstić information content (AvgIpc) is 3.20. The van der Waals surface area contributed by atoms with Crippen molar-refractivity contribution >= 4 is 35.4 Å². The summed E-state index contributed by atoms with van der Waals surface area (Å²) in [5.41, 5.74) is 5.93. The second kappa shape index (κ2) is 25.2. The van der Waals surface area contributed by atoms with Gasteiger partial charge in [0.25, 0.3) is 0 Å². The second-order valence-corrected chi connectivity index (χ2v) is 13.4. The number of rotatable bonds is 9. The van der Waals surface area contributed by atoms with Crippen LogP contribution in [0.1, 0.15) is 40.3 Å². The van der Waals surface area contributed by atoms with Crippen LogP contribution in [0.2, 0.25) is 0 Å². The van der Waals surface area contributed by atoms with E-state index in [4.69, 9.17) is 32.0 Å². The van der Waals surface area contributed by atoms with Crippen LogP contribution in [-0.4, -0.2) is 20.4 Å². The highest BCUT2D eigenvalue weighted by molar-refractivity contribution is 7.79. The topological polar surface area (TPSA) is 80.9 Å². The predicted molar refractivity (Wildman–Crippen MR) is 207 cm³/mol. The lowest BCUT2D eigenvalue weighted by molar-refractivity contribution is -0.0000134.